The predicted octanol–water partition coefficient (Wildman–Crippen LogP) is 4.24. The number of thiocarbonyl (C=S) groups is 1. The summed E-state index contributed by atoms with van der Waals surface area (Å²) in [6, 6.07) is 15.2. The number of amides is 1. The van der Waals surface area contributed by atoms with Gasteiger partial charge in [0.1, 0.15) is 15.8 Å². The van der Waals surface area contributed by atoms with Crippen LogP contribution >= 0.6 is 24.0 Å². The van der Waals surface area contributed by atoms with Crippen molar-refractivity contribution in [2.75, 3.05) is 18.6 Å². The average molecular weight is 526 g/mol. The predicted molar refractivity (Wildman–Crippen MR) is 142 cm³/mol. The number of sulfone groups is 1. The highest BCUT2D eigenvalue weighted by Crippen LogP contribution is 2.38. The van der Waals surface area contributed by atoms with Crippen molar-refractivity contribution in [1.82, 2.24) is 14.7 Å². The highest BCUT2D eigenvalue weighted by atomic mass is 32.2. The van der Waals surface area contributed by atoms with Crippen LogP contribution in [0, 0.1) is 6.92 Å². The first-order chi connectivity index (χ1) is 16.8. The second-order valence-corrected chi connectivity index (χ2v) is 12.4. The summed E-state index contributed by atoms with van der Waals surface area (Å²) in [5.74, 6) is 0.560. The smallest absolute Gasteiger partial charge is 0.266 e. The van der Waals surface area contributed by atoms with Crippen LogP contribution in [0.15, 0.2) is 59.6 Å². The maximum Gasteiger partial charge on any atom is 0.266 e. The lowest BCUT2D eigenvalue weighted by Crippen LogP contribution is -2.39. The average Bonchev–Trinajstić information content (AvgIpc) is 3.49. The van der Waals surface area contributed by atoms with Crippen LogP contribution in [0.25, 0.3) is 23.0 Å². The molecule has 180 valence electrons. The van der Waals surface area contributed by atoms with Crippen LogP contribution in [0.4, 0.5) is 0 Å². The molecule has 0 aliphatic carbocycles. The lowest BCUT2D eigenvalue weighted by Gasteiger charge is -2.20. The summed E-state index contributed by atoms with van der Waals surface area (Å²) < 4.78 is 31.5. The van der Waals surface area contributed by atoms with Crippen LogP contribution in [-0.4, -0.2) is 58.0 Å². The Kier molecular flexibility index (Phi) is 6.29. The second kappa shape index (κ2) is 9.25. The molecule has 0 unspecified atom stereocenters. The number of ether oxygens (including phenoxy) is 1. The Morgan fingerprint density at radius 3 is 2.63 bits per heavy atom. The molecule has 0 radical (unpaired) electrons. The van der Waals surface area contributed by atoms with Gasteiger partial charge in [-0.2, -0.15) is 5.10 Å². The monoisotopic (exact) mass is 525 g/mol. The van der Waals surface area contributed by atoms with E-state index in [4.69, 9.17) is 22.1 Å². The number of aromatic nitrogens is 2. The van der Waals surface area contributed by atoms with E-state index in [0.717, 1.165) is 28.1 Å². The summed E-state index contributed by atoms with van der Waals surface area (Å²) >= 11 is 6.67. The lowest BCUT2D eigenvalue weighted by atomic mass is 10.0. The highest BCUT2D eigenvalue weighted by molar-refractivity contribution is 8.26. The van der Waals surface area contributed by atoms with Gasteiger partial charge in [-0.15, -0.1) is 0 Å². The molecular formula is C25H23N3O4S3. The minimum atomic E-state index is -3.14. The molecule has 2 aliphatic rings. The van der Waals surface area contributed by atoms with Crippen molar-refractivity contribution < 1.29 is 17.9 Å². The number of carbonyl (C=O) groups excluding carboxylic acids is 1. The van der Waals surface area contributed by atoms with E-state index < -0.39 is 15.9 Å². The van der Waals surface area contributed by atoms with Gasteiger partial charge in [-0.25, -0.2) is 13.1 Å². The molecule has 3 heterocycles. The van der Waals surface area contributed by atoms with Gasteiger partial charge in [0.15, 0.2) is 9.84 Å². The molecule has 5 rings (SSSR count). The van der Waals surface area contributed by atoms with Gasteiger partial charge in [0, 0.05) is 17.3 Å². The SMILES string of the molecule is COc1ccc(-c2nn(-c3ccccc3)cc2/C=C2\SC(=S)N([C@H]3CCS(=O)(=O)C3)C2=O)cc1C. The summed E-state index contributed by atoms with van der Waals surface area (Å²) in [4.78, 5) is 15.2. The zero-order valence-corrected chi connectivity index (χ0v) is 21.6. The molecule has 1 amide bonds. The molecule has 0 bridgehead atoms. The van der Waals surface area contributed by atoms with Gasteiger partial charge in [-0.05, 0) is 55.3 Å². The van der Waals surface area contributed by atoms with Crippen molar-refractivity contribution in [2.45, 2.75) is 19.4 Å². The minimum Gasteiger partial charge on any atom is -0.496 e. The molecule has 10 heteroatoms. The van der Waals surface area contributed by atoms with E-state index in [1.807, 2.05) is 61.7 Å². The third-order valence-corrected chi connectivity index (χ3v) is 9.20. The van der Waals surface area contributed by atoms with E-state index in [0.29, 0.717) is 21.3 Å². The fourth-order valence-electron chi connectivity index (χ4n) is 4.37. The van der Waals surface area contributed by atoms with E-state index in [1.165, 1.54) is 16.7 Å². The number of para-hydroxylation sites is 1. The van der Waals surface area contributed by atoms with Crippen molar-refractivity contribution in [3.8, 4) is 22.7 Å². The van der Waals surface area contributed by atoms with Crippen LogP contribution in [-0.2, 0) is 14.6 Å². The molecule has 0 saturated carbocycles. The quantitative estimate of drug-likeness (QED) is 0.364. The van der Waals surface area contributed by atoms with Gasteiger partial charge in [0.25, 0.3) is 5.91 Å². The van der Waals surface area contributed by atoms with Crippen LogP contribution in [0.5, 0.6) is 5.75 Å². The first-order valence-corrected chi connectivity index (χ1v) is 14.1. The van der Waals surface area contributed by atoms with Gasteiger partial charge in [-0.3, -0.25) is 9.69 Å². The van der Waals surface area contributed by atoms with Gasteiger partial charge in [-0.1, -0.05) is 42.2 Å². The normalized spacial score (nSPS) is 20.7. The summed E-state index contributed by atoms with van der Waals surface area (Å²) in [5, 5.41) is 4.83. The molecule has 3 aromatic rings. The molecule has 1 aromatic heterocycles. The molecule has 1 atom stereocenters. The maximum absolute atomic E-state index is 13.3. The van der Waals surface area contributed by atoms with Crippen molar-refractivity contribution in [3.05, 3.63) is 70.8 Å². The Morgan fingerprint density at radius 1 is 1.20 bits per heavy atom. The number of rotatable bonds is 5. The van der Waals surface area contributed by atoms with E-state index >= 15 is 0 Å². The third-order valence-electron chi connectivity index (χ3n) is 6.12. The number of nitrogens with zero attached hydrogens (tertiary/aromatic N) is 3. The fourth-order valence-corrected chi connectivity index (χ4v) is 7.46. The Morgan fingerprint density at radius 2 is 1.97 bits per heavy atom. The van der Waals surface area contributed by atoms with E-state index in [1.54, 1.807) is 17.9 Å². The standard InChI is InChI=1S/C25H23N3O4S3/c1-16-12-17(8-9-21(16)32-2)23-18(14-27(26-23)19-6-4-3-5-7-19)13-22-24(29)28(25(33)34-22)20-10-11-35(30,31)15-20/h3-9,12-14,20H,10-11,15H2,1-2H3/b22-13-/t20-/m0/s1. The Bertz CT molecular complexity index is 1460. The van der Waals surface area contributed by atoms with Gasteiger partial charge < -0.3 is 4.74 Å². The van der Waals surface area contributed by atoms with Crippen LogP contribution in [0.3, 0.4) is 0 Å². The van der Waals surface area contributed by atoms with E-state index in [2.05, 4.69) is 0 Å². The first kappa shape index (κ1) is 23.8. The topological polar surface area (TPSA) is 81.5 Å². The zero-order chi connectivity index (χ0) is 24.7. The van der Waals surface area contributed by atoms with Crippen LogP contribution in [0.2, 0.25) is 0 Å². The molecule has 0 spiro atoms. The Balaban J connectivity index is 1.56. The van der Waals surface area contributed by atoms with Crippen molar-refractivity contribution in [3.63, 3.8) is 0 Å². The summed E-state index contributed by atoms with van der Waals surface area (Å²) in [6.45, 7) is 1.97. The Labute approximate surface area is 213 Å². The molecule has 2 saturated heterocycles. The molecular weight excluding hydrogens is 502 g/mol. The van der Waals surface area contributed by atoms with Crippen molar-refractivity contribution >= 4 is 50.1 Å². The maximum atomic E-state index is 13.3. The van der Waals surface area contributed by atoms with Crippen LogP contribution < -0.4 is 4.74 Å². The number of hydrogen-bond donors (Lipinski definition) is 0. The zero-order valence-electron chi connectivity index (χ0n) is 19.2. The van der Waals surface area contributed by atoms with Gasteiger partial charge >= 0.3 is 0 Å². The fraction of sp³-hybridized carbons (Fsp3) is 0.240. The molecule has 2 aliphatic heterocycles. The number of aryl methyl sites for hydroxylation is 1. The van der Waals surface area contributed by atoms with Gasteiger partial charge in [0.2, 0.25) is 0 Å². The Hall–Kier alpha value is -2.95. The molecule has 7 nitrogen and oxygen atoms in total. The lowest BCUT2D eigenvalue weighted by molar-refractivity contribution is -0.123. The number of hydrogen-bond acceptors (Lipinski definition) is 7. The molecule has 2 aromatic carbocycles. The van der Waals surface area contributed by atoms with Crippen molar-refractivity contribution in [1.29, 1.82) is 0 Å². The van der Waals surface area contributed by atoms with Crippen molar-refractivity contribution in [2.24, 2.45) is 0 Å². The van der Waals surface area contributed by atoms with Crippen LogP contribution in [0.1, 0.15) is 17.5 Å². The number of methoxy groups -OCH3 is 1. The summed E-state index contributed by atoms with van der Waals surface area (Å²) in [7, 11) is -1.51. The number of carbonyl (C=O) groups is 1. The minimum absolute atomic E-state index is 0.0466. The number of thioether (sulfide) groups is 1. The highest BCUT2D eigenvalue weighted by Gasteiger charge is 2.42. The molecule has 2 fully saturated rings. The molecule has 0 N–H and O–H groups in total. The summed E-state index contributed by atoms with van der Waals surface area (Å²) in [5.41, 5.74) is 4.23. The second-order valence-electron chi connectivity index (χ2n) is 8.51. The van der Waals surface area contributed by atoms with E-state index in [-0.39, 0.29) is 17.4 Å². The first-order valence-electron chi connectivity index (χ1n) is 11.0. The molecule has 35 heavy (non-hydrogen) atoms. The van der Waals surface area contributed by atoms with Gasteiger partial charge in [0.05, 0.1) is 35.2 Å². The summed E-state index contributed by atoms with van der Waals surface area (Å²) in [6.07, 6.45) is 4.09. The number of benzene rings is 2. The largest absolute Gasteiger partial charge is 0.496 e. The van der Waals surface area contributed by atoms with E-state index in [9.17, 15) is 13.2 Å². The third kappa shape index (κ3) is 4.65.